The summed E-state index contributed by atoms with van der Waals surface area (Å²) in [4.78, 5) is 7.02. The van der Waals surface area contributed by atoms with E-state index in [1.165, 1.54) is 24.7 Å². The summed E-state index contributed by atoms with van der Waals surface area (Å²) in [6.45, 7) is 5.66. The smallest absolute Gasteiger partial charge is 0.211 e. The summed E-state index contributed by atoms with van der Waals surface area (Å²) in [6.07, 6.45) is 8.89. The predicted molar refractivity (Wildman–Crippen MR) is 96.4 cm³/mol. The molecule has 0 amide bonds. The van der Waals surface area contributed by atoms with Crippen LogP contribution in [0.3, 0.4) is 0 Å². The maximum Gasteiger partial charge on any atom is 0.211 e. The number of hydrogen-bond donors (Lipinski definition) is 0. The van der Waals surface area contributed by atoms with Crippen molar-refractivity contribution in [1.29, 1.82) is 0 Å². The van der Waals surface area contributed by atoms with Crippen molar-refractivity contribution in [1.82, 2.24) is 14.2 Å². The molecule has 0 bridgehead atoms. The molecule has 1 aromatic heterocycles. The van der Waals surface area contributed by atoms with Gasteiger partial charge in [-0.2, -0.15) is 0 Å². The van der Waals surface area contributed by atoms with E-state index in [9.17, 15) is 8.42 Å². The molecule has 1 aromatic rings. The topological polar surface area (TPSA) is 53.5 Å². The van der Waals surface area contributed by atoms with E-state index >= 15 is 0 Å². The van der Waals surface area contributed by atoms with E-state index in [0.717, 1.165) is 38.0 Å². The first-order valence-corrected chi connectivity index (χ1v) is 10.9. The Morgan fingerprint density at radius 1 is 1.17 bits per heavy atom. The van der Waals surface area contributed by atoms with Crippen molar-refractivity contribution < 1.29 is 8.42 Å². The van der Waals surface area contributed by atoms with Gasteiger partial charge in [0.2, 0.25) is 10.0 Å². The molecule has 0 aliphatic carbocycles. The zero-order chi connectivity index (χ0) is 17.2. The lowest BCUT2D eigenvalue weighted by molar-refractivity contribution is 0.0896. The lowest BCUT2D eigenvalue weighted by atomic mass is 9.90. The van der Waals surface area contributed by atoms with E-state index < -0.39 is 10.0 Å². The Labute approximate surface area is 146 Å². The molecule has 0 saturated carbocycles. The van der Waals surface area contributed by atoms with E-state index in [1.54, 1.807) is 4.31 Å². The van der Waals surface area contributed by atoms with Crippen LogP contribution in [0.2, 0.25) is 0 Å². The monoisotopic (exact) mass is 351 g/mol. The first kappa shape index (κ1) is 17.8. The van der Waals surface area contributed by atoms with Gasteiger partial charge in [-0.3, -0.25) is 4.98 Å². The zero-order valence-corrected chi connectivity index (χ0v) is 15.6. The fourth-order valence-electron chi connectivity index (χ4n) is 4.09. The average molecular weight is 352 g/mol. The van der Waals surface area contributed by atoms with Gasteiger partial charge in [0.1, 0.15) is 0 Å². The molecule has 6 heteroatoms. The van der Waals surface area contributed by atoms with E-state index in [1.807, 2.05) is 13.1 Å². The molecule has 0 N–H and O–H groups in total. The second-order valence-electron chi connectivity index (χ2n) is 7.41. The number of aromatic nitrogens is 1. The van der Waals surface area contributed by atoms with Crippen LogP contribution in [0.15, 0.2) is 18.3 Å². The molecule has 24 heavy (non-hydrogen) atoms. The molecule has 2 aliphatic heterocycles. The number of piperidine rings is 2. The van der Waals surface area contributed by atoms with Crippen molar-refractivity contribution in [3.63, 3.8) is 0 Å². The number of rotatable bonds is 4. The Kier molecular flexibility index (Phi) is 5.57. The first-order chi connectivity index (χ1) is 11.4. The highest BCUT2D eigenvalue weighted by Gasteiger charge is 2.31. The van der Waals surface area contributed by atoms with Crippen molar-refractivity contribution in [3.8, 4) is 0 Å². The van der Waals surface area contributed by atoms with Crippen LogP contribution in [0.1, 0.15) is 36.9 Å². The number of sulfonamides is 1. The highest BCUT2D eigenvalue weighted by Crippen LogP contribution is 2.26. The normalized spacial score (nSPS) is 25.0. The van der Waals surface area contributed by atoms with Gasteiger partial charge in [-0.05, 0) is 63.1 Å². The van der Waals surface area contributed by atoms with Gasteiger partial charge in [0, 0.05) is 37.6 Å². The molecule has 5 nitrogen and oxygen atoms in total. The van der Waals surface area contributed by atoms with Crippen LogP contribution in [0.5, 0.6) is 0 Å². The van der Waals surface area contributed by atoms with E-state index in [4.69, 9.17) is 0 Å². The number of nitrogens with zero attached hydrogens (tertiary/aromatic N) is 3. The summed E-state index contributed by atoms with van der Waals surface area (Å²) in [6, 6.07) is 4.84. The third-order valence-electron chi connectivity index (χ3n) is 5.46. The summed E-state index contributed by atoms with van der Waals surface area (Å²) in [7, 11) is -3.03. The van der Waals surface area contributed by atoms with Crippen LogP contribution in [0, 0.1) is 12.8 Å². The maximum atomic E-state index is 11.7. The van der Waals surface area contributed by atoms with Crippen LogP contribution < -0.4 is 0 Å². The van der Waals surface area contributed by atoms with Gasteiger partial charge in [-0.1, -0.05) is 6.07 Å². The summed E-state index contributed by atoms with van der Waals surface area (Å²) >= 11 is 0. The van der Waals surface area contributed by atoms with Crippen molar-refractivity contribution in [2.75, 3.05) is 32.4 Å². The van der Waals surface area contributed by atoms with E-state index in [0.29, 0.717) is 25.0 Å². The number of likely N-dealkylation sites (tertiary alicyclic amines) is 1. The minimum atomic E-state index is -3.03. The Bertz CT molecular complexity index is 637. The molecule has 3 heterocycles. The molecular formula is C18H29N3O2S. The Morgan fingerprint density at radius 3 is 2.54 bits per heavy atom. The van der Waals surface area contributed by atoms with Crippen LogP contribution in [-0.2, 0) is 16.4 Å². The fourth-order valence-corrected chi connectivity index (χ4v) is 4.96. The molecule has 0 radical (unpaired) electrons. The molecule has 2 aliphatic rings. The minimum absolute atomic E-state index is 0.543. The summed E-state index contributed by atoms with van der Waals surface area (Å²) < 4.78 is 24.9. The molecule has 0 unspecified atom stereocenters. The van der Waals surface area contributed by atoms with Crippen LogP contribution in [0.4, 0.5) is 0 Å². The Hall–Kier alpha value is -0.980. The molecule has 2 fully saturated rings. The van der Waals surface area contributed by atoms with Crippen LogP contribution >= 0.6 is 0 Å². The summed E-state index contributed by atoms with van der Waals surface area (Å²) in [5.41, 5.74) is 2.40. The third-order valence-corrected chi connectivity index (χ3v) is 6.76. The second kappa shape index (κ2) is 7.50. The zero-order valence-electron chi connectivity index (χ0n) is 14.8. The molecule has 134 valence electrons. The summed E-state index contributed by atoms with van der Waals surface area (Å²) in [5, 5.41) is 0. The lowest BCUT2D eigenvalue weighted by Crippen LogP contribution is -2.49. The van der Waals surface area contributed by atoms with Crippen molar-refractivity contribution >= 4 is 10.0 Å². The molecule has 1 atom stereocenters. The summed E-state index contributed by atoms with van der Waals surface area (Å²) in [5.74, 6) is 0.691. The Balaban J connectivity index is 1.53. The quantitative estimate of drug-likeness (QED) is 0.833. The molecule has 2 saturated heterocycles. The molecule has 0 spiro atoms. The van der Waals surface area contributed by atoms with Crippen molar-refractivity contribution in [2.45, 2.75) is 45.1 Å². The third kappa shape index (κ3) is 4.55. The van der Waals surface area contributed by atoms with Gasteiger partial charge in [0.05, 0.1) is 6.26 Å². The van der Waals surface area contributed by atoms with Gasteiger partial charge < -0.3 is 4.90 Å². The largest absolute Gasteiger partial charge is 0.300 e. The van der Waals surface area contributed by atoms with Gasteiger partial charge in [-0.15, -0.1) is 0 Å². The molecular weight excluding hydrogens is 322 g/mol. The van der Waals surface area contributed by atoms with Gasteiger partial charge >= 0.3 is 0 Å². The lowest BCUT2D eigenvalue weighted by Gasteiger charge is -2.42. The number of aryl methyl sites for hydroxylation is 1. The SMILES string of the molecule is Cc1ccc(C[C@H]2CCCN(C3CCN(S(C)(=O)=O)CC3)C2)cn1. The van der Waals surface area contributed by atoms with Crippen LogP contribution in [0.25, 0.3) is 0 Å². The van der Waals surface area contributed by atoms with Crippen LogP contribution in [-0.4, -0.2) is 61.1 Å². The van der Waals surface area contributed by atoms with Gasteiger partial charge in [0.25, 0.3) is 0 Å². The standard InChI is InChI=1S/C18H29N3O2S/c1-15-5-6-16(13-19-15)12-17-4-3-9-20(14-17)18-7-10-21(11-8-18)24(2,22)23/h5-6,13,17-18H,3-4,7-12,14H2,1-2H3/t17-/m1/s1. The highest BCUT2D eigenvalue weighted by atomic mass is 32.2. The Morgan fingerprint density at radius 2 is 1.92 bits per heavy atom. The fraction of sp³-hybridized carbons (Fsp3) is 0.722. The molecule has 0 aromatic carbocycles. The van der Waals surface area contributed by atoms with Gasteiger partial charge in [-0.25, -0.2) is 12.7 Å². The minimum Gasteiger partial charge on any atom is -0.300 e. The number of pyridine rings is 1. The van der Waals surface area contributed by atoms with E-state index in [-0.39, 0.29) is 0 Å². The van der Waals surface area contributed by atoms with Gasteiger partial charge in [0.15, 0.2) is 0 Å². The number of hydrogen-bond acceptors (Lipinski definition) is 4. The first-order valence-electron chi connectivity index (χ1n) is 9.02. The van der Waals surface area contributed by atoms with Crippen molar-refractivity contribution in [2.24, 2.45) is 5.92 Å². The molecule has 3 rings (SSSR count). The second-order valence-corrected chi connectivity index (χ2v) is 9.39. The van der Waals surface area contributed by atoms with Crippen molar-refractivity contribution in [3.05, 3.63) is 29.6 Å². The maximum absolute atomic E-state index is 11.7. The predicted octanol–water partition coefficient (Wildman–Crippen LogP) is 2.07. The highest BCUT2D eigenvalue weighted by molar-refractivity contribution is 7.88. The van der Waals surface area contributed by atoms with E-state index in [2.05, 4.69) is 22.0 Å². The average Bonchev–Trinajstić information content (AvgIpc) is 2.57.